The van der Waals surface area contributed by atoms with Crippen LogP contribution in [0.3, 0.4) is 0 Å². The summed E-state index contributed by atoms with van der Waals surface area (Å²) in [5.41, 5.74) is 2.12. The summed E-state index contributed by atoms with van der Waals surface area (Å²) in [5.74, 6) is 0.206. The molecular weight excluding hydrogens is 242 g/mol. The van der Waals surface area contributed by atoms with Crippen LogP contribution in [0.4, 0.5) is 11.5 Å². The molecule has 0 saturated carbocycles. The summed E-state index contributed by atoms with van der Waals surface area (Å²) >= 11 is 0. The van der Waals surface area contributed by atoms with Crippen LogP contribution in [0.5, 0.6) is 0 Å². The van der Waals surface area contributed by atoms with E-state index in [4.69, 9.17) is 0 Å². The molecule has 5 heteroatoms. The number of hydrogen-bond donors (Lipinski definition) is 2. The van der Waals surface area contributed by atoms with E-state index in [-0.39, 0.29) is 11.8 Å². The molecule has 5 nitrogen and oxygen atoms in total. The van der Waals surface area contributed by atoms with Gasteiger partial charge >= 0.3 is 0 Å². The Morgan fingerprint density at radius 1 is 1.26 bits per heavy atom. The van der Waals surface area contributed by atoms with Crippen molar-refractivity contribution in [3.05, 3.63) is 53.7 Å². The summed E-state index contributed by atoms with van der Waals surface area (Å²) < 4.78 is 0. The molecule has 2 amide bonds. The highest BCUT2D eigenvalue weighted by Crippen LogP contribution is 2.24. The lowest BCUT2D eigenvalue weighted by Gasteiger charge is -2.05. The van der Waals surface area contributed by atoms with Gasteiger partial charge in [0.15, 0.2) is 0 Å². The Bertz CT molecular complexity index is 653. The SMILES string of the molecule is O=C1Cc2ccc(C(=O)Nc3ccccn3)cc2N1. The maximum absolute atomic E-state index is 12.0. The quantitative estimate of drug-likeness (QED) is 0.857. The number of amides is 2. The Balaban J connectivity index is 1.82. The summed E-state index contributed by atoms with van der Waals surface area (Å²) in [6.07, 6.45) is 1.98. The van der Waals surface area contributed by atoms with Gasteiger partial charge in [0.2, 0.25) is 5.91 Å². The average molecular weight is 253 g/mol. The van der Waals surface area contributed by atoms with Gasteiger partial charge in [0.1, 0.15) is 5.82 Å². The zero-order valence-corrected chi connectivity index (χ0v) is 10.0. The van der Waals surface area contributed by atoms with E-state index >= 15 is 0 Å². The number of fused-ring (bicyclic) bond motifs is 1. The highest BCUT2D eigenvalue weighted by molar-refractivity contribution is 6.06. The standard InChI is InChI=1S/C14H11N3O2/c18-13-8-9-4-5-10(7-11(9)16-13)14(19)17-12-3-1-2-6-15-12/h1-7H,8H2,(H,16,18)(H,15,17,19). The Morgan fingerprint density at radius 2 is 2.16 bits per heavy atom. The first-order valence-corrected chi connectivity index (χ1v) is 5.87. The minimum Gasteiger partial charge on any atom is -0.326 e. The van der Waals surface area contributed by atoms with Crippen LogP contribution in [0.1, 0.15) is 15.9 Å². The van der Waals surface area contributed by atoms with Gasteiger partial charge in [-0.1, -0.05) is 12.1 Å². The number of aromatic nitrogens is 1. The van der Waals surface area contributed by atoms with Crippen LogP contribution in [0.2, 0.25) is 0 Å². The van der Waals surface area contributed by atoms with Crippen molar-refractivity contribution in [3.8, 4) is 0 Å². The van der Waals surface area contributed by atoms with Gasteiger partial charge in [-0.25, -0.2) is 4.98 Å². The van der Waals surface area contributed by atoms with Gasteiger partial charge in [-0.15, -0.1) is 0 Å². The first kappa shape index (κ1) is 11.4. The molecule has 0 fully saturated rings. The Hall–Kier alpha value is -2.69. The van der Waals surface area contributed by atoms with Crippen molar-refractivity contribution < 1.29 is 9.59 Å². The number of nitrogens with zero attached hydrogens (tertiary/aromatic N) is 1. The van der Waals surface area contributed by atoms with Crippen molar-refractivity contribution >= 4 is 23.3 Å². The van der Waals surface area contributed by atoms with E-state index < -0.39 is 0 Å². The lowest BCUT2D eigenvalue weighted by atomic mass is 10.1. The lowest BCUT2D eigenvalue weighted by Crippen LogP contribution is -2.13. The lowest BCUT2D eigenvalue weighted by molar-refractivity contribution is -0.115. The predicted molar refractivity (Wildman–Crippen MR) is 71.0 cm³/mol. The van der Waals surface area contributed by atoms with E-state index in [0.29, 0.717) is 23.5 Å². The van der Waals surface area contributed by atoms with E-state index in [1.165, 1.54) is 0 Å². The molecule has 94 valence electrons. The van der Waals surface area contributed by atoms with E-state index in [0.717, 1.165) is 5.56 Å². The number of carbonyl (C=O) groups excluding carboxylic acids is 2. The second-order valence-corrected chi connectivity index (χ2v) is 4.27. The number of rotatable bonds is 2. The predicted octanol–water partition coefficient (Wildman–Crippen LogP) is 1.83. The monoisotopic (exact) mass is 253 g/mol. The van der Waals surface area contributed by atoms with Crippen molar-refractivity contribution in [1.29, 1.82) is 0 Å². The molecule has 1 aliphatic heterocycles. The molecule has 0 bridgehead atoms. The number of carbonyl (C=O) groups is 2. The summed E-state index contributed by atoms with van der Waals surface area (Å²) in [5, 5.41) is 5.42. The molecule has 1 aliphatic rings. The molecule has 0 unspecified atom stereocenters. The topological polar surface area (TPSA) is 71.1 Å². The van der Waals surface area contributed by atoms with Gasteiger partial charge in [0, 0.05) is 17.4 Å². The molecule has 19 heavy (non-hydrogen) atoms. The smallest absolute Gasteiger partial charge is 0.256 e. The van der Waals surface area contributed by atoms with Crippen molar-refractivity contribution in [1.82, 2.24) is 4.98 Å². The summed E-state index contributed by atoms with van der Waals surface area (Å²) in [6.45, 7) is 0. The van der Waals surface area contributed by atoms with Gasteiger partial charge < -0.3 is 10.6 Å². The third-order valence-electron chi connectivity index (χ3n) is 2.90. The van der Waals surface area contributed by atoms with Crippen molar-refractivity contribution in [2.24, 2.45) is 0 Å². The second-order valence-electron chi connectivity index (χ2n) is 4.27. The highest BCUT2D eigenvalue weighted by Gasteiger charge is 2.19. The Kier molecular flexibility index (Phi) is 2.72. The molecule has 2 aromatic rings. The first-order valence-electron chi connectivity index (χ1n) is 5.87. The highest BCUT2D eigenvalue weighted by atomic mass is 16.2. The number of pyridine rings is 1. The minimum absolute atomic E-state index is 0.0442. The summed E-state index contributed by atoms with van der Waals surface area (Å²) in [6, 6.07) is 10.5. The second kappa shape index (κ2) is 4.53. The van der Waals surface area contributed by atoms with E-state index in [9.17, 15) is 9.59 Å². The third kappa shape index (κ3) is 2.30. The van der Waals surface area contributed by atoms with E-state index in [2.05, 4.69) is 15.6 Å². The molecule has 1 aromatic heterocycles. The molecule has 1 aromatic carbocycles. The van der Waals surface area contributed by atoms with Crippen LogP contribution < -0.4 is 10.6 Å². The van der Waals surface area contributed by atoms with Gasteiger partial charge in [-0.05, 0) is 29.8 Å². The zero-order chi connectivity index (χ0) is 13.2. The molecule has 3 rings (SSSR count). The Labute approximate surface area is 109 Å². The number of hydrogen-bond acceptors (Lipinski definition) is 3. The van der Waals surface area contributed by atoms with E-state index in [1.807, 2.05) is 0 Å². The maximum Gasteiger partial charge on any atom is 0.256 e. The molecule has 2 N–H and O–H groups in total. The van der Waals surface area contributed by atoms with Crippen molar-refractivity contribution in [2.45, 2.75) is 6.42 Å². The molecule has 0 aliphatic carbocycles. The van der Waals surface area contributed by atoms with Gasteiger partial charge in [-0.2, -0.15) is 0 Å². The van der Waals surface area contributed by atoms with Crippen LogP contribution in [-0.4, -0.2) is 16.8 Å². The molecule has 0 radical (unpaired) electrons. The van der Waals surface area contributed by atoms with Gasteiger partial charge in [-0.3, -0.25) is 9.59 Å². The number of benzene rings is 1. The fourth-order valence-corrected chi connectivity index (χ4v) is 1.98. The molecule has 2 heterocycles. The van der Waals surface area contributed by atoms with Crippen LogP contribution in [0, 0.1) is 0 Å². The van der Waals surface area contributed by atoms with Crippen molar-refractivity contribution in [3.63, 3.8) is 0 Å². The van der Waals surface area contributed by atoms with Crippen LogP contribution in [-0.2, 0) is 11.2 Å². The molecule has 0 spiro atoms. The largest absolute Gasteiger partial charge is 0.326 e. The van der Waals surface area contributed by atoms with Crippen molar-refractivity contribution in [2.75, 3.05) is 10.6 Å². The van der Waals surface area contributed by atoms with E-state index in [1.54, 1.807) is 42.6 Å². The fourth-order valence-electron chi connectivity index (χ4n) is 1.98. The normalized spacial score (nSPS) is 12.7. The average Bonchev–Trinajstić information content (AvgIpc) is 2.78. The summed E-state index contributed by atoms with van der Waals surface area (Å²) in [4.78, 5) is 27.3. The number of anilines is 2. The molecule has 0 atom stereocenters. The first-order chi connectivity index (χ1) is 9.22. The number of nitrogens with one attached hydrogen (secondary N) is 2. The fraction of sp³-hybridized carbons (Fsp3) is 0.0714. The van der Waals surface area contributed by atoms with Crippen LogP contribution in [0.15, 0.2) is 42.6 Å². The van der Waals surface area contributed by atoms with Crippen LogP contribution in [0.25, 0.3) is 0 Å². The van der Waals surface area contributed by atoms with Crippen LogP contribution >= 0.6 is 0 Å². The molecule has 0 saturated heterocycles. The third-order valence-corrected chi connectivity index (χ3v) is 2.90. The molecular formula is C14H11N3O2. The maximum atomic E-state index is 12.0. The summed E-state index contributed by atoms with van der Waals surface area (Å²) in [7, 11) is 0. The minimum atomic E-state index is -0.248. The van der Waals surface area contributed by atoms with Gasteiger partial charge in [0.25, 0.3) is 5.91 Å². The van der Waals surface area contributed by atoms with Gasteiger partial charge in [0.05, 0.1) is 6.42 Å². The Morgan fingerprint density at radius 3 is 2.95 bits per heavy atom. The zero-order valence-electron chi connectivity index (χ0n) is 10.0.